The second kappa shape index (κ2) is 13.3. The summed E-state index contributed by atoms with van der Waals surface area (Å²) in [4.78, 5) is 12.7. The zero-order chi connectivity index (χ0) is 22.6. The Morgan fingerprint density at radius 3 is 2.38 bits per heavy atom. The second-order valence-electron chi connectivity index (χ2n) is 9.59. The number of ether oxygens (including phenoxy) is 1. The topological polar surface area (TPSA) is 50.1 Å². The SMILES string of the molecule is CCCCCc1ccc([C@H]2CC[C@H](OC(=O)[C@H]3CC[C@H](C=CC=CC#N)CC3)CC2)cc1. The fourth-order valence-corrected chi connectivity index (χ4v) is 5.18. The minimum absolute atomic E-state index is 0.0247. The molecular formula is C29H39NO2. The standard InChI is InChI=1S/C29H39NO2/c1-2-3-5-8-23-10-14-25(15-11-23)26-18-20-28(21-19-26)32-29(31)27-16-12-24(13-17-27)9-6-4-7-22-30/h4,6-7,9-11,14-15,24,26-28H,2-3,5,8,12-13,16-21H2,1H3/t24-,26-,27-,28-. The first-order valence-electron chi connectivity index (χ1n) is 12.7. The van der Waals surface area contributed by atoms with Crippen molar-refractivity contribution in [2.75, 3.05) is 0 Å². The lowest BCUT2D eigenvalue weighted by Gasteiger charge is -2.31. The van der Waals surface area contributed by atoms with Crippen LogP contribution in [0.5, 0.6) is 0 Å². The number of nitrogens with zero attached hydrogens (tertiary/aromatic N) is 1. The van der Waals surface area contributed by atoms with E-state index in [1.54, 1.807) is 6.08 Å². The minimum atomic E-state index is 0.0247. The third-order valence-corrected chi connectivity index (χ3v) is 7.25. The van der Waals surface area contributed by atoms with Crippen molar-refractivity contribution in [3.63, 3.8) is 0 Å². The Balaban J connectivity index is 1.37. The fraction of sp³-hybridized carbons (Fsp3) is 0.586. The third kappa shape index (κ3) is 7.66. The summed E-state index contributed by atoms with van der Waals surface area (Å²) < 4.78 is 5.93. The Morgan fingerprint density at radius 1 is 1.00 bits per heavy atom. The van der Waals surface area contributed by atoms with Crippen molar-refractivity contribution in [2.24, 2.45) is 11.8 Å². The van der Waals surface area contributed by atoms with Crippen LogP contribution in [0.15, 0.2) is 48.6 Å². The van der Waals surface area contributed by atoms with Crippen LogP contribution >= 0.6 is 0 Å². The summed E-state index contributed by atoms with van der Waals surface area (Å²) >= 11 is 0. The van der Waals surface area contributed by atoms with E-state index >= 15 is 0 Å². The number of aryl methyl sites for hydroxylation is 1. The van der Waals surface area contributed by atoms with Gasteiger partial charge in [0, 0.05) is 6.08 Å². The van der Waals surface area contributed by atoms with Crippen molar-refractivity contribution in [2.45, 2.75) is 96.0 Å². The van der Waals surface area contributed by atoms with E-state index in [-0.39, 0.29) is 18.0 Å². The van der Waals surface area contributed by atoms with Gasteiger partial charge in [-0.1, -0.05) is 62.3 Å². The number of nitriles is 1. The van der Waals surface area contributed by atoms with E-state index in [0.29, 0.717) is 11.8 Å². The van der Waals surface area contributed by atoms with Crippen LogP contribution in [0.25, 0.3) is 0 Å². The highest BCUT2D eigenvalue weighted by molar-refractivity contribution is 5.72. The lowest BCUT2D eigenvalue weighted by atomic mass is 9.81. The van der Waals surface area contributed by atoms with Crippen LogP contribution in [0, 0.1) is 23.2 Å². The summed E-state index contributed by atoms with van der Waals surface area (Å²) in [6.45, 7) is 2.25. The monoisotopic (exact) mass is 433 g/mol. The molecule has 0 saturated heterocycles. The first-order valence-corrected chi connectivity index (χ1v) is 12.7. The average molecular weight is 434 g/mol. The molecule has 1 aromatic carbocycles. The van der Waals surface area contributed by atoms with Crippen LogP contribution in [-0.2, 0) is 16.0 Å². The second-order valence-corrected chi connectivity index (χ2v) is 9.59. The van der Waals surface area contributed by atoms with Crippen LogP contribution in [0.1, 0.15) is 94.6 Å². The molecular weight excluding hydrogens is 394 g/mol. The number of hydrogen-bond donors (Lipinski definition) is 0. The Morgan fingerprint density at radius 2 is 1.72 bits per heavy atom. The number of unbranched alkanes of at least 4 members (excludes halogenated alkanes) is 2. The highest BCUT2D eigenvalue weighted by Crippen LogP contribution is 2.36. The zero-order valence-corrected chi connectivity index (χ0v) is 19.7. The molecule has 0 spiro atoms. The Bertz CT molecular complexity index is 785. The number of hydrogen-bond acceptors (Lipinski definition) is 3. The van der Waals surface area contributed by atoms with Crippen molar-refractivity contribution in [3.05, 3.63) is 59.7 Å². The molecule has 2 aliphatic carbocycles. The molecule has 0 atom stereocenters. The maximum atomic E-state index is 12.7. The molecule has 2 saturated carbocycles. The highest BCUT2D eigenvalue weighted by atomic mass is 16.5. The van der Waals surface area contributed by atoms with Gasteiger partial charge in [0.15, 0.2) is 0 Å². The fourth-order valence-electron chi connectivity index (χ4n) is 5.18. The molecule has 2 aliphatic rings. The third-order valence-electron chi connectivity index (χ3n) is 7.25. The highest BCUT2D eigenvalue weighted by Gasteiger charge is 2.30. The van der Waals surface area contributed by atoms with Gasteiger partial charge in [-0.05, 0) is 87.2 Å². The molecule has 1 aromatic rings. The molecule has 0 heterocycles. The Hall–Kier alpha value is -2.34. The molecule has 0 bridgehead atoms. The van der Waals surface area contributed by atoms with Crippen molar-refractivity contribution in [1.82, 2.24) is 0 Å². The van der Waals surface area contributed by atoms with Crippen LogP contribution in [-0.4, -0.2) is 12.1 Å². The largest absolute Gasteiger partial charge is 0.462 e. The van der Waals surface area contributed by atoms with E-state index in [9.17, 15) is 4.79 Å². The van der Waals surface area contributed by atoms with Gasteiger partial charge in [-0.15, -0.1) is 0 Å². The van der Waals surface area contributed by atoms with Gasteiger partial charge in [0.25, 0.3) is 0 Å². The summed E-state index contributed by atoms with van der Waals surface area (Å²) in [6, 6.07) is 11.3. The molecule has 2 fully saturated rings. The van der Waals surface area contributed by atoms with E-state index < -0.39 is 0 Å². The van der Waals surface area contributed by atoms with E-state index in [0.717, 1.165) is 51.4 Å². The van der Waals surface area contributed by atoms with Crippen LogP contribution in [0.2, 0.25) is 0 Å². The lowest BCUT2D eigenvalue weighted by Crippen LogP contribution is -2.29. The van der Waals surface area contributed by atoms with Gasteiger partial charge in [0.05, 0.1) is 12.0 Å². The molecule has 32 heavy (non-hydrogen) atoms. The number of carbonyl (C=O) groups excluding carboxylic acids is 1. The maximum Gasteiger partial charge on any atom is 0.309 e. The molecule has 0 N–H and O–H groups in total. The van der Waals surface area contributed by atoms with Crippen LogP contribution in [0.4, 0.5) is 0 Å². The Labute approximate surface area is 194 Å². The molecule has 3 rings (SSSR count). The number of carbonyl (C=O) groups is 1. The van der Waals surface area contributed by atoms with E-state index in [4.69, 9.17) is 10.00 Å². The number of rotatable bonds is 9. The van der Waals surface area contributed by atoms with E-state index in [1.165, 1.54) is 42.9 Å². The van der Waals surface area contributed by atoms with Gasteiger partial charge in [-0.2, -0.15) is 5.26 Å². The minimum Gasteiger partial charge on any atom is -0.462 e. The quantitative estimate of drug-likeness (QED) is 0.176. The smallest absolute Gasteiger partial charge is 0.309 e. The maximum absolute atomic E-state index is 12.7. The van der Waals surface area contributed by atoms with E-state index in [2.05, 4.69) is 37.3 Å². The summed E-state index contributed by atoms with van der Waals surface area (Å²) in [6.07, 6.45) is 20.6. The van der Waals surface area contributed by atoms with Crippen LogP contribution in [0.3, 0.4) is 0 Å². The molecule has 0 unspecified atom stereocenters. The van der Waals surface area contributed by atoms with E-state index in [1.807, 2.05) is 12.1 Å². The summed E-state index contributed by atoms with van der Waals surface area (Å²) in [7, 11) is 0. The van der Waals surface area contributed by atoms with Gasteiger partial charge < -0.3 is 4.74 Å². The first-order chi connectivity index (χ1) is 15.7. The van der Waals surface area contributed by atoms with Crippen LogP contribution < -0.4 is 0 Å². The van der Waals surface area contributed by atoms with Crippen molar-refractivity contribution in [1.29, 1.82) is 5.26 Å². The Kier molecular flexibility index (Phi) is 10.1. The predicted molar refractivity (Wildman–Crippen MR) is 130 cm³/mol. The molecule has 0 aromatic heterocycles. The first kappa shape index (κ1) is 24.3. The number of benzene rings is 1. The molecule has 172 valence electrons. The zero-order valence-electron chi connectivity index (χ0n) is 19.7. The molecule has 0 aliphatic heterocycles. The van der Waals surface area contributed by atoms with Crippen molar-refractivity contribution >= 4 is 5.97 Å². The summed E-state index contributed by atoms with van der Waals surface area (Å²) in [5.74, 6) is 1.20. The van der Waals surface area contributed by atoms with Gasteiger partial charge in [0.2, 0.25) is 0 Å². The average Bonchev–Trinajstić information content (AvgIpc) is 2.83. The molecule has 3 heteroatoms. The molecule has 0 amide bonds. The van der Waals surface area contributed by atoms with Crippen molar-refractivity contribution < 1.29 is 9.53 Å². The van der Waals surface area contributed by atoms with Gasteiger partial charge >= 0.3 is 5.97 Å². The van der Waals surface area contributed by atoms with Gasteiger partial charge in [0.1, 0.15) is 6.10 Å². The molecule has 3 nitrogen and oxygen atoms in total. The predicted octanol–water partition coefficient (Wildman–Crippen LogP) is 7.43. The molecule has 0 radical (unpaired) electrons. The number of esters is 1. The lowest BCUT2D eigenvalue weighted by molar-refractivity contribution is -0.157. The van der Waals surface area contributed by atoms with Gasteiger partial charge in [-0.25, -0.2) is 0 Å². The number of allylic oxidation sites excluding steroid dienone is 4. The van der Waals surface area contributed by atoms with Crippen molar-refractivity contribution in [3.8, 4) is 6.07 Å². The summed E-state index contributed by atoms with van der Waals surface area (Å²) in [5, 5.41) is 8.53. The summed E-state index contributed by atoms with van der Waals surface area (Å²) in [5.41, 5.74) is 2.90. The van der Waals surface area contributed by atoms with Gasteiger partial charge in [-0.3, -0.25) is 4.79 Å². The normalized spacial score (nSPS) is 26.2.